The quantitative estimate of drug-likeness (QED) is 0.663. The van der Waals surface area contributed by atoms with Crippen molar-refractivity contribution in [1.82, 2.24) is 4.90 Å². The van der Waals surface area contributed by atoms with Crippen LogP contribution in [0.2, 0.25) is 0 Å². The van der Waals surface area contributed by atoms with Crippen LogP contribution in [0.5, 0.6) is 0 Å². The fourth-order valence-electron chi connectivity index (χ4n) is 2.51. The number of esters is 1. The van der Waals surface area contributed by atoms with E-state index in [1.807, 2.05) is 0 Å². The van der Waals surface area contributed by atoms with Crippen molar-refractivity contribution in [1.29, 1.82) is 0 Å². The second-order valence-corrected chi connectivity index (χ2v) is 4.65. The van der Waals surface area contributed by atoms with E-state index < -0.39 is 0 Å². The molecule has 0 aromatic heterocycles. The van der Waals surface area contributed by atoms with E-state index in [1.54, 1.807) is 4.90 Å². The number of rotatable bonds is 2. The molecule has 0 aromatic carbocycles. The Balaban J connectivity index is 1.92. The van der Waals surface area contributed by atoms with Crippen molar-refractivity contribution >= 4 is 11.9 Å². The van der Waals surface area contributed by atoms with Crippen LogP contribution < -0.4 is 0 Å². The molecule has 2 rings (SSSR count). The standard InChI is InChI=1S/C12H19NO4/c1-16-12(15)9-4-2-6-13(8-9)11(14)10-5-3-7-17-10/h9-10H,2-8H2,1H3/t9-,10-/m0/s1. The number of amides is 1. The summed E-state index contributed by atoms with van der Waals surface area (Å²) in [5.41, 5.74) is 0. The third kappa shape index (κ3) is 2.77. The molecule has 1 amide bonds. The van der Waals surface area contributed by atoms with Crippen molar-refractivity contribution in [2.24, 2.45) is 5.92 Å². The molecule has 0 radical (unpaired) electrons. The zero-order valence-electron chi connectivity index (χ0n) is 10.2. The van der Waals surface area contributed by atoms with Crippen molar-refractivity contribution in [3.63, 3.8) is 0 Å². The zero-order valence-corrected chi connectivity index (χ0v) is 10.2. The molecular weight excluding hydrogens is 222 g/mol. The lowest BCUT2D eigenvalue weighted by Gasteiger charge is -2.32. The van der Waals surface area contributed by atoms with E-state index in [2.05, 4.69) is 0 Å². The highest BCUT2D eigenvalue weighted by atomic mass is 16.5. The molecule has 0 unspecified atom stereocenters. The molecule has 2 saturated heterocycles. The predicted molar refractivity (Wildman–Crippen MR) is 60.3 cm³/mol. The van der Waals surface area contributed by atoms with Gasteiger partial charge in [0, 0.05) is 19.7 Å². The fraction of sp³-hybridized carbons (Fsp3) is 0.833. The Hall–Kier alpha value is -1.10. The predicted octanol–water partition coefficient (Wildman–Crippen LogP) is 0.577. The SMILES string of the molecule is COC(=O)[C@H]1CCCN(C(=O)[C@@H]2CCCO2)C1. The first-order valence-corrected chi connectivity index (χ1v) is 6.20. The Bertz CT molecular complexity index is 299. The Morgan fingerprint density at radius 3 is 2.76 bits per heavy atom. The van der Waals surface area contributed by atoms with Crippen molar-refractivity contribution in [2.45, 2.75) is 31.8 Å². The summed E-state index contributed by atoms with van der Waals surface area (Å²) in [6.45, 7) is 1.88. The van der Waals surface area contributed by atoms with Crippen molar-refractivity contribution < 1.29 is 19.1 Å². The van der Waals surface area contributed by atoms with Gasteiger partial charge in [-0.2, -0.15) is 0 Å². The number of nitrogens with zero attached hydrogens (tertiary/aromatic N) is 1. The lowest BCUT2D eigenvalue weighted by molar-refractivity contribution is -0.151. The summed E-state index contributed by atoms with van der Waals surface area (Å²) in [6, 6.07) is 0. The monoisotopic (exact) mass is 241 g/mol. The average molecular weight is 241 g/mol. The Labute approximate surface area is 101 Å². The molecule has 2 heterocycles. The van der Waals surface area contributed by atoms with Crippen LogP contribution in [-0.2, 0) is 19.1 Å². The third-order valence-corrected chi connectivity index (χ3v) is 3.47. The maximum atomic E-state index is 12.1. The van der Waals surface area contributed by atoms with Gasteiger partial charge in [-0.3, -0.25) is 9.59 Å². The zero-order chi connectivity index (χ0) is 12.3. The van der Waals surface area contributed by atoms with E-state index in [0.29, 0.717) is 13.2 Å². The Morgan fingerprint density at radius 2 is 2.12 bits per heavy atom. The molecular formula is C12H19NO4. The summed E-state index contributed by atoms with van der Waals surface area (Å²) in [5, 5.41) is 0. The molecule has 0 N–H and O–H groups in total. The number of ether oxygens (including phenoxy) is 2. The minimum absolute atomic E-state index is 0.0381. The van der Waals surface area contributed by atoms with Gasteiger partial charge in [-0.15, -0.1) is 0 Å². The first-order chi connectivity index (χ1) is 8.22. The molecule has 17 heavy (non-hydrogen) atoms. The van der Waals surface area contributed by atoms with Gasteiger partial charge in [-0.25, -0.2) is 0 Å². The second kappa shape index (κ2) is 5.49. The number of methoxy groups -OCH3 is 1. The molecule has 0 spiro atoms. The highest BCUT2D eigenvalue weighted by Gasteiger charge is 2.33. The van der Waals surface area contributed by atoms with Crippen molar-refractivity contribution in [2.75, 3.05) is 26.8 Å². The van der Waals surface area contributed by atoms with Gasteiger partial charge < -0.3 is 14.4 Å². The van der Waals surface area contributed by atoms with E-state index in [9.17, 15) is 9.59 Å². The number of carbonyl (C=O) groups excluding carboxylic acids is 2. The Morgan fingerprint density at radius 1 is 1.29 bits per heavy atom. The van der Waals surface area contributed by atoms with E-state index in [1.165, 1.54) is 7.11 Å². The molecule has 2 aliphatic heterocycles. The largest absolute Gasteiger partial charge is 0.469 e. The summed E-state index contributed by atoms with van der Waals surface area (Å²) in [4.78, 5) is 25.3. The van der Waals surface area contributed by atoms with Crippen LogP contribution in [-0.4, -0.2) is 49.7 Å². The van der Waals surface area contributed by atoms with Gasteiger partial charge >= 0.3 is 5.97 Å². The normalized spacial score (nSPS) is 29.1. The number of piperidine rings is 1. The van der Waals surface area contributed by atoms with Gasteiger partial charge in [-0.1, -0.05) is 0 Å². The maximum Gasteiger partial charge on any atom is 0.310 e. The summed E-state index contributed by atoms with van der Waals surface area (Å²) in [6.07, 6.45) is 3.13. The van der Waals surface area contributed by atoms with Gasteiger partial charge in [0.15, 0.2) is 0 Å². The first kappa shape index (κ1) is 12.4. The van der Waals surface area contributed by atoms with Gasteiger partial charge in [0.05, 0.1) is 13.0 Å². The second-order valence-electron chi connectivity index (χ2n) is 4.65. The molecule has 96 valence electrons. The molecule has 0 aromatic rings. The summed E-state index contributed by atoms with van der Waals surface area (Å²) < 4.78 is 10.1. The molecule has 0 bridgehead atoms. The molecule has 2 aliphatic rings. The molecule has 5 nitrogen and oxygen atoms in total. The summed E-state index contributed by atoms with van der Waals surface area (Å²) in [7, 11) is 1.39. The fourth-order valence-corrected chi connectivity index (χ4v) is 2.51. The molecule has 5 heteroatoms. The van der Waals surface area contributed by atoms with Crippen LogP contribution in [0.15, 0.2) is 0 Å². The molecule has 0 aliphatic carbocycles. The van der Waals surface area contributed by atoms with E-state index in [4.69, 9.17) is 9.47 Å². The van der Waals surface area contributed by atoms with Gasteiger partial charge in [0.2, 0.25) is 0 Å². The van der Waals surface area contributed by atoms with Crippen LogP contribution >= 0.6 is 0 Å². The summed E-state index contributed by atoms with van der Waals surface area (Å²) >= 11 is 0. The van der Waals surface area contributed by atoms with Gasteiger partial charge in [0.25, 0.3) is 5.91 Å². The van der Waals surface area contributed by atoms with Crippen LogP contribution in [0, 0.1) is 5.92 Å². The minimum atomic E-state index is -0.286. The van der Waals surface area contributed by atoms with E-state index in [0.717, 1.165) is 32.2 Å². The van der Waals surface area contributed by atoms with Gasteiger partial charge in [-0.05, 0) is 25.7 Å². The average Bonchev–Trinajstić information content (AvgIpc) is 2.91. The number of hydrogen-bond acceptors (Lipinski definition) is 4. The molecule has 2 atom stereocenters. The highest BCUT2D eigenvalue weighted by Crippen LogP contribution is 2.21. The lowest BCUT2D eigenvalue weighted by Crippen LogP contribution is -2.46. The summed E-state index contributed by atoms with van der Waals surface area (Å²) in [5.74, 6) is -0.343. The van der Waals surface area contributed by atoms with Crippen molar-refractivity contribution in [3.05, 3.63) is 0 Å². The topological polar surface area (TPSA) is 55.8 Å². The van der Waals surface area contributed by atoms with Crippen molar-refractivity contribution in [3.8, 4) is 0 Å². The number of hydrogen-bond donors (Lipinski definition) is 0. The Kier molecular flexibility index (Phi) is 3.99. The first-order valence-electron chi connectivity index (χ1n) is 6.20. The van der Waals surface area contributed by atoms with Crippen LogP contribution in [0.1, 0.15) is 25.7 Å². The number of likely N-dealkylation sites (tertiary alicyclic amines) is 1. The number of carbonyl (C=O) groups is 2. The van der Waals surface area contributed by atoms with E-state index >= 15 is 0 Å². The third-order valence-electron chi connectivity index (χ3n) is 3.47. The molecule has 2 fully saturated rings. The van der Waals surface area contributed by atoms with Crippen LogP contribution in [0.3, 0.4) is 0 Å². The van der Waals surface area contributed by atoms with Gasteiger partial charge in [0.1, 0.15) is 6.10 Å². The van der Waals surface area contributed by atoms with E-state index in [-0.39, 0.29) is 23.9 Å². The van der Waals surface area contributed by atoms with Crippen LogP contribution in [0.25, 0.3) is 0 Å². The highest BCUT2D eigenvalue weighted by molar-refractivity contribution is 5.82. The minimum Gasteiger partial charge on any atom is -0.469 e. The molecule has 0 saturated carbocycles. The lowest BCUT2D eigenvalue weighted by atomic mass is 9.97. The maximum absolute atomic E-state index is 12.1. The van der Waals surface area contributed by atoms with Crippen LogP contribution in [0.4, 0.5) is 0 Å². The smallest absolute Gasteiger partial charge is 0.310 e.